The van der Waals surface area contributed by atoms with Gasteiger partial charge in [-0.05, 0) is 20.3 Å². The Hall–Kier alpha value is -1.35. The van der Waals surface area contributed by atoms with Crippen LogP contribution in [-0.4, -0.2) is 49.9 Å². The van der Waals surface area contributed by atoms with Gasteiger partial charge in [-0.2, -0.15) is 0 Å². The molecule has 9 heteroatoms. The Morgan fingerprint density at radius 3 is 2.25 bits per heavy atom. The predicted molar refractivity (Wildman–Crippen MR) is 74.9 cm³/mol. The Morgan fingerprint density at radius 1 is 1.30 bits per heavy atom. The van der Waals surface area contributed by atoms with Crippen molar-refractivity contribution >= 4 is 22.0 Å². The van der Waals surface area contributed by atoms with E-state index in [1.807, 2.05) is 0 Å². The van der Waals surface area contributed by atoms with Gasteiger partial charge in [0.2, 0.25) is 10.0 Å². The van der Waals surface area contributed by atoms with Gasteiger partial charge >= 0.3 is 12.0 Å². The average molecular weight is 309 g/mol. The maximum Gasteiger partial charge on any atom is 0.315 e. The molecule has 4 N–H and O–H groups in total. The smallest absolute Gasteiger partial charge is 0.315 e. The van der Waals surface area contributed by atoms with Crippen molar-refractivity contribution in [2.24, 2.45) is 0 Å². The Bertz CT molecular complexity index is 447. The van der Waals surface area contributed by atoms with E-state index in [1.54, 1.807) is 20.8 Å². The normalized spacial score (nSPS) is 13.6. The molecule has 0 aliphatic carbocycles. The number of hydrogen-bond donors (Lipinski definition) is 4. The SMILES string of the molecule is CCC(CC(=O)O)NC(=O)NCC(C)(C)NS(C)(=O)=O. The van der Waals surface area contributed by atoms with Gasteiger partial charge in [0.05, 0.1) is 12.7 Å². The molecular weight excluding hydrogens is 286 g/mol. The summed E-state index contributed by atoms with van der Waals surface area (Å²) in [5.74, 6) is -0.990. The van der Waals surface area contributed by atoms with E-state index in [2.05, 4.69) is 15.4 Å². The molecule has 1 unspecified atom stereocenters. The lowest BCUT2D eigenvalue weighted by atomic mass is 10.1. The van der Waals surface area contributed by atoms with E-state index in [4.69, 9.17) is 5.11 Å². The van der Waals surface area contributed by atoms with Crippen molar-refractivity contribution in [2.75, 3.05) is 12.8 Å². The summed E-state index contributed by atoms with van der Waals surface area (Å²) in [5.41, 5.74) is -0.834. The van der Waals surface area contributed by atoms with Gasteiger partial charge in [0.1, 0.15) is 0 Å². The summed E-state index contributed by atoms with van der Waals surface area (Å²) in [4.78, 5) is 22.2. The molecule has 0 aliphatic heterocycles. The Morgan fingerprint density at radius 2 is 1.85 bits per heavy atom. The van der Waals surface area contributed by atoms with E-state index in [0.29, 0.717) is 6.42 Å². The minimum atomic E-state index is -3.37. The fourth-order valence-electron chi connectivity index (χ4n) is 1.58. The maximum absolute atomic E-state index is 11.6. The molecule has 0 saturated carbocycles. The molecule has 0 spiro atoms. The summed E-state index contributed by atoms with van der Waals surface area (Å²) in [7, 11) is -3.37. The van der Waals surface area contributed by atoms with Crippen LogP contribution in [0.5, 0.6) is 0 Å². The number of urea groups is 1. The van der Waals surface area contributed by atoms with Crippen molar-refractivity contribution in [2.45, 2.75) is 45.2 Å². The van der Waals surface area contributed by atoms with Crippen LogP contribution in [0.3, 0.4) is 0 Å². The molecular formula is C11H23N3O5S. The molecule has 0 aromatic heterocycles. The third-order valence-electron chi connectivity index (χ3n) is 2.40. The first-order chi connectivity index (χ1) is 8.95. The van der Waals surface area contributed by atoms with Gasteiger partial charge in [-0.3, -0.25) is 4.79 Å². The van der Waals surface area contributed by atoms with Crippen molar-refractivity contribution in [1.82, 2.24) is 15.4 Å². The fourth-order valence-corrected chi connectivity index (χ4v) is 2.66. The molecule has 0 bridgehead atoms. The van der Waals surface area contributed by atoms with Gasteiger partial charge in [0, 0.05) is 18.1 Å². The largest absolute Gasteiger partial charge is 0.481 e. The zero-order valence-corrected chi connectivity index (χ0v) is 13.0. The number of nitrogens with one attached hydrogen (secondary N) is 3. The molecule has 0 fully saturated rings. The van der Waals surface area contributed by atoms with Crippen LogP contribution in [0.1, 0.15) is 33.6 Å². The monoisotopic (exact) mass is 309 g/mol. The number of sulfonamides is 1. The number of hydrogen-bond acceptors (Lipinski definition) is 4. The minimum absolute atomic E-state index is 0.0788. The van der Waals surface area contributed by atoms with Crippen molar-refractivity contribution in [3.8, 4) is 0 Å². The van der Waals surface area contributed by atoms with Crippen molar-refractivity contribution < 1.29 is 23.1 Å². The number of carboxylic acid groups (broad SMARTS) is 1. The van der Waals surface area contributed by atoms with Crippen LogP contribution in [0.15, 0.2) is 0 Å². The quantitative estimate of drug-likeness (QED) is 0.497. The molecule has 0 saturated heterocycles. The number of aliphatic carboxylic acids is 1. The highest BCUT2D eigenvalue weighted by molar-refractivity contribution is 7.88. The first-order valence-electron chi connectivity index (χ1n) is 6.20. The Balaban J connectivity index is 4.31. The van der Waals surface area contributed by atoms with Crippen LogP contribution in [0.25, 0.3) is 0 Å². The lowest BCUT2D eigenvalue weighted by Gasteiger charge is -2.26. The second kappa shape index (κ2) is 7.44. The average Bonchev–Trinajstić information content (AvgIpc) is 2.21. The topological polar surface area (TPSA) is 125 Å². The van der Waals surface area contributed by atoms with Gasteiger partial charge in [0.15, 0.2) is 0 Å². The van der Waals surface area contributed by atoms with E-state index < -0.39 is 33.6 Å². The van der Waals surface area contributed by atoms with Gasteiger partial charge in [-0.1, -0.05) is 6.92 Å². The van der Waals surface area contributed by atoms with E-state index in [1.165, 1.54) is 0 Å². The summed E-state index contributed by atoms with van der Waals surface area (Å²) in [6.07, 6.45) is 1.37. The molecule has 8 nitrogen and oxygen atoms in total. The molecule has 0 aromatic carbocycles. The summed E-state index contributed by atoms with van der Waals surface area (Å²) in [6.45, 7) is 5.10. The molecule has 20 heavy (non-hydrogen) atoms. The number of amides is 2. The van der Waals surface area contributed by atoms with Crippen molar-refractivity contribution in [3.05, 3.63) is 0 Å². The zero-order chi connectivity index (χ0) is 16.0. The van der Waals surface area contributed by atoms with Crippen LogP contribution < -0.4 is 15.4 Å². The summed E-state index contributed by atoms with van der Waals surface area (Å²) in [6, 6.07) is -0.986. The van der Waals surface area contributed by atoms with E-state index in [0.717, 1.165) is 6.26 Å². The lowest BCUT2D eigenvalue weighted by Crippen LogP contribution is -2.53. The van der Waals surface area contributed by atoms with E-state index in [9.17, 15) is 18.0 Å². The standard InChI is InChI=1S/C11H23N3O5S/c1-5-8(6-9(15)16)13-10(17)12-7-11(2,3)14-20(4,18)19/h8,14H,5-7H2,1-4H3,(H,15,16)(H2,12,13,17). The zero-order valence-electron chi connectivity index (χ0n) is 12.2. The Kier molecular flexibility index (Phi) is 6.94. The number of carbonyl (C=O) groups is 2. The van der Waals surface area contributed by atoms with Gasteiger partial charge in [0.25, 0.3) is 0 Å². The second-order valence-corrected chi connectivity index (χ2v) is 7.04. The first kappa shape index (κ1) is 18.7. The number of carbonyl (C=O) groups excluding carboxylic acids is 1. The minimum Gasteiger partial charge on any atom is -0.481 e. The molecule has 0 heterocycles. The summed E-state index contributed by atoms with van der Waals surface area (Å²) >= 11 is 0. The summed E-state index contributed by atoms with van der Waals surface area (Å²) in [5, 5.41) is 13.7. The van der Waals surface area contributed by atoms with Crippen LogP contribution in [0, 0.1) is 0 Å². The van der Waals surface area contributed by atoms with E-state index in [-0.39, 0.29) is 13.0 Å². The number of carboxylic acids is 1. The third-order valence-corrected chi connectivity index (χ3v) is 3.32. The second-order valence-electron chi connectivity index (χ2n) is 5.29. The first-order valence-corrected chi connectivity index (χ1v) is 8.09. The molecule has 0 rings (SSSR count). The molecule has 1 atom stereocenters. The van der Waals surface area contributed by atoms with Crippen molar-refractivity contribution in [3.63, 3.8) is 0 Å². The van der Waals surface area contributed by atoms with Gasteiger partial charge < -0.3 is 15.7 Å². The van der Waals surface area contributed by atoms with Gasteiger partial charge in [-0.15, -0.1) is 0 Å². The molecule has 118 valence electrons. The molecule has 0 radical (unpaired) electrons. The fraction of sp³-hybridized carbons (Fsp3) is 0.818. The highest BCUT2D eigenvalue weighted by Gasteiger charge is 2.23. The van der Waals surface area contributed by atoms with Crippen LogP contribution in [0.4, 0.5) is 4.79 Å². The number of rotatable bonds is 8. The predicted octanol–water partition coefficient (Wildman–Crippen LogP) is -0.133. The van der Waals surface area contributed by atoms with Crippen LogP contribution in [-0.2, 0) is 14.8 Å². The summed E-state index contributed by atoms with van der Waals surface area (Å²) < 4.78 is 24.7. The van der Waals surface area contributed by atoms with E-state index >= 15 is 0 Å². The molecule has 0 aliphatic rings. The third kappa shape index (κ3) is 9.56. The molecule has 0 aromatic rings. The Labute approximate surface area is 119 Å². The maximum atomic E-state index is 11.6. The van der Waals surface area contributed by atoms with Gasteiger partial charge in [-0.25, -0.2) is 17.9 Å². The lowest BCUT2D eigenvalue weighted by molar-refractivity contribution is -0.137. The van der Waals surface area contributed by atoms with Crippen LogP contribution in [0.2, 0.25) is 0 Å². The van der Waals surface area contributed by atoms with Crippen molar-refractivity contribution in [1.29, 1.82) is 0 Å². The van der Waals surface area contributed by atoms with Crippen LogP contribution >= 0.6 is 0 Å². The highest BCUT2D eigenvalue weighted by atomic mass is 32.2. The highest BCUT2D eigenvalue weighted by Crippen LogP contribution is 2.02. The molecule has 2 amide bonds.